The fourth-order valence-electron chi connectivity index (χ4n) is 3.01. The van der Waals surface area contributed by atoms with Gasteiger partial charge in [0.2, 0.25) is 0 Å². The Morgan fingerprint density at radius 3 is 2.63 bits per heavy atom. The number of nitrogens with zero attached hydrogens (tertiary/aromatic N) is 1. The highest BCUT2D eigenvalue weighted by Gasteiger charge is 2.26. The predicted molar refractivity (Wildman–Crippen MR) is 110 cm³/mol. The number of rotatable bonds is 5. The van der Waals surface area contributed by atoms with Gasteiger partial charge in [-0.3, -0.25) is 10.1 Å². The van der Waals surface area contributed by atoms with Crippen LogP contribution in [-0.4, -0.2) is 22.6 Å². The molecule has 1 aliphatic rings. The Bertz CT molecular complexity index is 877. The van der Waals surface area contributed by atoms with Gasteiger partial charge in [0.05, 0.1) is 17.1 Å². The van der Waals surface area contributed by atoms with E-state index in [0.29, 0.717) is 28.0 Å². The monoisotopic (exact) mass is 405 g/mol. The van der Waals surface area contributed by atoms with Crippen molar-refractivity contribution in [2.45, 2.75) is 32.6 Å². The molecule has 142 valence electrons. The van der Waals surface area contributed by atoms with E-state index < -0.39 is 4.92 Å². The standard InChI is InChI=1S/C18H19N3O4S2/c1-2-25-17(22)15-13-5-3-4-6-14(13)27-16(15)20-18(26)19-11-7-9-12(10-8-11)21(23)24/h7-10H,2-6H2,1H3,(H2,19,20,26). The molecule has 0 radical (unpaired) electrons. The first kappa shape index (κ1) is 19.2. The zero-order valence-electron chi connectivity index (χ0n) is 14.7. The molecule has 0 atom stereocenters. The summed E-state index contributed by atoms with van der Waals surface area (Å²) in [7, 11) is 0. The van der Waals surface area contributed by atoms with E-state index in [-0.39, 0.29) is 11.7 Å². The molecule has 3 rings (SSSR count). The van der Waals surface area contributed by atoms with Crippen LogP contribution in [-0.2, 0) is 17.6 Å². The maximum Gasteiger partial charge on any atom is 0.341 e. The highest BCUT2D eigenvalue weighted by molar-refractivity contribution is 7.80. The smallest absolute Gasteiger partial charge is 0.341 e. The summed E-state index contributed by atoms with van der Waals surface area (Å²) in [6.07, 6.45) is 3.99. The lowest BCUT2D eigenvalue weighted by Crippen LogP contribution is -2.20. The number of non-ortho nitro benzene ring substituents is 1. The lowest BCUT2D eigenvalue weighted by Gasteiger charge is -2.13. The van der Waals surface area contributed by atoms with Crippen molar-refractivity contribution in [1.29, 1.82) is 0 Å². The van der Waals surface area contributed by atoms with Crippen LogP contribution in [0.15, 0.2) is 24.3 Å². The molecule has 0 saturated carbocycles. The third-order valence-corrected chi connectivity index (χ3v) is 5.63. The maximum atomic E-state index is 12.5. The normalized spacial score (nSPS) is 12.8. The second kappa shape index (κ2) is 8.45. The van der Waals surface area contributed by atoms with Gasteiger partial charge in [-0.1, -0.05) is 0 Å². The number of ether oxygens (including phenoxy) is 1. The number of fused-ring (bicyclic) bond motifs is 1. The van der Waals surface area contributed by atoms with Crippen molar-refractivity contribution in [3.63, 3.8) is 0 Å². The van der Waals surface area contributed by atoms with Gasteiger partial charge in [0.15, 0.2) is 5.11 Å². The number of nitro groups is 1. The van der Waals surface area contributed by atoms with Gasteiger partial charge in [-0.15, -0.1) is 11.3 Å². The number of carbonyl (C=O) groups excluding carboxylic acids is 1. The molecule has 0 aliphatic heterocycles. The number of thiophene rings is 1. The first-order chi connectivity index (χ1) is 13.0. The van der Waals surface area contributed by atoms with E-state index >= 15 is 0 Å². The number of benzene rings is 1. The zero-order valence-corrected chi connectivity index (χ0v) is 16.4. The van der Waals surface area contributed by atoms with Crippen LogP contribution in [0.25, 0.3) is 0 Å². The predicted octanol–water partition coefficient (Wildman–Crippen LogP) is 4.52. The highest BCUT2D eigenvalue weighted by atomic mass is 32.1. The topological polar surface area (TPSA) is 93.5 Å². The molecule has 0 saturated heterocycles. The Morgan fingerprint density at radius 2 is 1.96 bits per heavy atom. The van der Waals surface area contributed by atoms with E-state index in [9.17, 15) is 14.9 Å². The van der Waals surface area contributed by atoms with Gasteiger partial charge in [-0.05, 0) is 62.5 Å². The van der Waals surface area contributed by atoms with Crippen molar-refractivity contribution in [3.05, 3.63) is 50.4 Å². The van der Waals surface area contributed by atoms with E-state index in [4.69, 9.17) is 17.0 Å². The molecular weight excluding hydrogens is 386 g/mol. The second-order valence-corrected chi connectivity index (χ2v) is 7.53. The van der Waals surface area contributed by atoms with Crippen LogP contribution in [0, 0.1) is 10.1 Å². The van der Waals surface area contributed by atoms with E-state index in [1.807, 2.05) is 0 Å². The van der Waals surface area contributed by atoms with Gasteiger partial charge in [-0.2, -0.15) is 0 Å². The molecule has 0 amide bonds. The number of aryl methyl sites for hydroxylation is 1. The third kappa shape index (κ3) is 4.42. The summed E-state index contributed by atoms with van der Waals surface area (Å²) in [5, 5.41) is 17.8. The molecule has 2 aromatic rings. The molecule has 1 heterocycles. The minimum absolute atomic E-state index is 0.00922. The molecule has 1 aromatic heterocycles. The SMILES string of the molecule is CCOC(=O)c1c(NC(=S)Nc2ccc([N+](=O)[O-])cc2)sc2c1CCCC2. The van der Waals surface area contributed by atoms with Crippen molar-refractivity contribution >= 4 is 51.0 Å². The molecule has 2 N–H and O–H groups in total. The van der Waals surface area contributed by atoms with E-state index in [2.05, 4.69) is 10.6 Å². The third-order valence-electron chi connectivity index (χ3n) is 4.21. The summed E-state index contributed by atoms with van der Waals surface area (Å²) in [4.78, 5) is 23.9. The molecule has 0 unspecified atom stereocenters. The van der Waals surface area contributed by atoms with Crippen LogP contribution in [0.4, 0.5) is 16.4 Å². The summed E-state index contributed by atoms with van der Waals surface area (Å²) in [5.74, 6) is -0.336. The van der Waals surface area contributed by atoms with Crippen LogP contribution >= 0.6 is 23.6 Å². The lowest BCUT2D eigenvalue weighted by atomic mass is 9.95. The van der Waals surface area contributed by atoms with Crippen LogP contribution in [0.1, 0.15) is 40.6 Å². The number of hydrogen-bond acceptors (Lipinski definition) is 6. The van der Waals surface area contributed by atoms with Crippen molar-refractivity contribution in [2.75, 3.05) is 17.2 Å². The van der Waals surface area contributed by atoms with E-state index in [1.54, 1.807) is 19.1 Å². The van der Waals surface area contributed by atoms with Crippen molar-refractivity contribution < 1.29 is 14.5 Å². The largest absolute Gasteiger partial charge is 0.462 e. The number of hydrogen-bond donors (Lipinski definition) is 2. The van der Waals surface area contributed by atoms with Gasteiger partial charge >= 0.3 is 5.97 Å². The first-order valence-corrected chi connectivity index (χ1v) is 9.86. The summed E-state index contributed by atoms with van der Waals surface area (Å²) >= 11 is 6.88. The van der Waals surface area contributed by atoms with Gasteiger partial charge in [-0.25, -0.2) is 4.79 Å². The summed E-state index contributed by atoms with van der Waals surface area (Å²) in [6, 6.07) is 5.97. The van der Waals surface area contributed by atoms with Crippen LogP contribution in [0.5, 0.6) is 0 Å². The van der Waals surface area contributed by atoms with Crippen LogP contribution < -0.4 is 10.6 Å². The number of carbonyl (C=O) groups is 1. The Labute approximate surface area is 165 Å². The van der Waals surface area contributed by atoms with Crippen molar-refractivity contribution in [3.8, 4) is 0 Å². The second-order valence-electron chi connectivity index (χ2n) is 6.02. The average molecular weight is 406 g/mol. The minimum atomic E-state index is -0.456. The molecule has 0 spiro atoms. The Kier molecular flexibility index (Phi) is 6.02. The Morgan fingerprint density at radius 1 is 1.26 bits per heavy atom. The molecule has 9 heteroatoms. The minimum Gasteiger partial charge on any atom is -0.462 e. The summed E-state index contributed by atoms with van der Waals surface area (Å²) in [5.41, 5.74) is 2.27. The van der Waals surface area contributed by atoms with Gasteiger partial charge < -0.3 is 15.4 Å². The molecule has 7 nitrogen and oxygen atoms in total. The number of thiocarbonyl (C=S) groups is 1. The Balaban J connectivity index is 1.77. The van der Waals surface area contributed by atoms with E-state index in [1.165, 1.54) is 28.3 Å². The van der Waals surface area contributed by atoms with Gasteiger partial charge in [0.1, 0.15) is 5.00 Å². The maximum absolute atomic E-state index is 12.5. The summed E-state index contributed by atoms with van der Waals surface area (Å²) < 4.78 is 5.23. The zero-order chi connectivity index (χ0) is 19.4. The van der Waals surface area contributed by atoms with E-state index in [0.717, 1.165) is 31.2 Å². The Hall–Kier alpha value is -2.52. The first-order valence-electron chi connectivity index (χ1n) is 8.63. The van der Waals surface area contributed by atoms with Crippen molar-refractivity contribution in [2.24, 2.45) is 0 Å². The van der Waals surface area contributed by atoms with Crippen LogP contribution in [0.2, 0.25) is 0 Å². The molecule has 27 heavy (non-hydrogen) atoms. The quantitative estimate of drug-likeness (QED) is 0.327. The number of nitrogens with one attached hydrogen (secondary N) is 2. The lowest BCUT2D eigenvalue weighted by molar-refractivity contribution is -0.384. The van der Waals surface area contributed by atoms with Gasteiger partial charge in [0, 0.05) is 22.7 Å². The molecule has 1 aliphatic carbocycles. The number of nitro benzene ring substituents is 1. The summed E-state index contributed by atoms with van der Waals surface area (Å²) in [6.45, 7) is 2.10. The molecule has 1 aromatic carbocycles. The highest BCUT2D eigenvalue weighted by Crippen LogP contribution is 2.38. The fraction of sp³-hybridized carbons (Fsp3) is 0.333. The van der Waals surface area contributed by atoms with Gasteiger partial charge in [0.25, 0.3) is 5.69 Å². The molecule has 0 fully saturated rings. The van der Waals surface area contributed by atoms with Crippen molar-refractivity contribution in [1.82, 2.24) is 0 Å². The molecule has 0 bridgehead atoms. The average Bonchev–Trinajstić information content (AvgIpc) is 3.00. The molecular formula is C18H19N3O4S2. The fourth-order valence-corrected chi connectivity index (χ4v) is 4.57. The van der Waals surface area contributed by atoms with Crippen LogP contribution in [0.3, 0.4) is 0 Å². The number of anilines is 2. The number of esters is 1.